The lowest BCUT2D eigenvalue weighted by Gasteiger charge is -2.34. The molecule has 0 aromatic heterocycles. The van der Waals surface area contributed by atoms with Gasteiger partial charge in [-0.25, -0.2) is 0 Å². The Balaban J connectivity index is 2.44. The molecule has 0 amide bonds. The van der Waals surface area contributed by atoms with Gasteiger partial charge < -0.3 is 4.90 Å². The predicted molar refractivity (Wildman–Crippen MR) is 62.5 cm³/mol. The maximum Gasteiger partial charge on any atom is 0.00936 e. The molecule has 0 heterocycles. The minimum absolute atomic E-state index is 0.459. The Morgan fingerprint density at radius 2 is 1.85 bits per heavy atom. The third-order valence-corrected chi connectivity index (χ3v) is 4.26. The van der Waals surface area contributed by atoms with Gasteiger partial charge in [0.25, 0.3) is 0 Å². The summed E-state index contributed by atoms with van der Waals surface area (Å²) in [5, 5.41) is 0. The zero-order valence-corrected chi connectivity index (χ0v) is 10.1. The molecule has 13 heavy (non-hydrogen) atoms. The Morgan fingerprint density at radius 1 is 1.31 bits per heavy atom. The fourth-order valence-corrected chi connectivity index (χ4v) is 2.47. The fourth-order valence-electron chi connectivity index (χ4n) is 1.92. The molecule has 0 aromatic rings. The molecule has 78 valence electrons. The second-order valence-electron chi connectivity index (χ2n) is 4.51. The molecule has 1 fully saturated rings. The highest BCUT2D eigenvalue weighted by molar-refractivity contribution is 7.80. The Morgan fingerprint density at radius 3 is 2.15 bits per heavy atom. The van der Waals surface area contributed by atoms with Crippen molar-refractivity contribution >= 4 is 12.6 Å². The van der Waals surface area contributed by atoms with Crippen LogP contribution in [0.15, 0.2) is 0 Å². The molecule has 0 saturated heterocycles. The van der Waals surface area contributed by atoms with E-state index in [4.69, 9.17) is 0 Å². The minimum atomic E-state index is 0.459. The van der Waals surface area contributed by atoms with Gasteiger partial charge in [0, 0.05) is 12.6 Å². The van der Waals surface area contributed by atoms with E-state index in [1.807, 2.05) is 0 Å². The van der Waals surface area contributed by atoms with E-state index in [9.17, 15) is 0 Å². The lowest BCUT2D eigenvalue weighted by Crippen LogP contribution is -2.37. The van der Waals surface area contributed by atoms with Crippen molar-refractivity contribution < 1.29 is 0 Å². The number of nitrogens with zero attached hydrogens (tertiary/aromatic N) is 1. The maximum absolute atomic E-state index is 4.50. The minimum Gasteiger partial charge on any atom is -0.303 e. The van der Waals surface area contributed by atoms with Crippen LogP contribution in [-0.4, -0.2) is 30.3 Å². The quantitative estimate of drug-likeness (QED) is 0.647. The van der Waals surface area contributed by atoms with Crippen LogP contribution in [0.5, 0.6) is 0 Å². The average molecular weight is 201 g/mol. The summed E-state index contributed by atoms with van der Waals surface area (Å²) in [5.74, 6) is 1.02. The molecule has 1 rings (SSSR count). The summed E-state index contributed by atoms with van der Waals surface area (Å²) in [6.45, 7) is 5.81. The van der Waals surface area contributed by atoms with Crippen LogP contribution in [-0.2, 0) is 0 Å². The fraction of sp³-hybridized carbons (Fsp3) is 1.00. The third-order valence-electron chi connectivity index (χ3n) is 3.59. The molecule has 0 unspecified atom stereocenters. The van der Waals surface area contributed by atoms with E-state index < -0.39 is 0 Å². The van der Waals surface area contributed by atoms with Crippen molar-refractivity contribution in [2.75, 3.05) is 19.3 Å². The highest BCUT2D eigenvalue weighted by Crippen LogP contribution is 2.33. The Kier molecular flexibility index (Phi) is 4.11. The highest BCUT2D eigenvalue weighted by Gasteiger charge is 2.32. The normalized spacial score (nSPS) is 18.2. The zero-order valence-electron chi connectivity index (χ0n) is 9.21. The van der Waals surface area contributed by atoms with Crippen LogP contribution in [0, 0.1) is 5.41 Å². The number of rotatable bonds is 6. The van der Waals surface area contributed by atoms with Gasteiger partial charge in [0.2, 0.25) is 0 Å². The number of thiol groups is 1. The van der Waals surface area contributed by atoms with E-state index in [0.717, 1.165) is 11.8 Å². The molecule has 1 saturated carbocycles. The van der Waals surface area contributed by atoms with Gasteiger partial charge in [-0.3, -0.25) is 0 Å². The molecule has 0 radical (unpaired) electrons. The van der Waals surface area contributed by atoms with Gasteiger partial charge in [-0.2, -0.15) is 12.6 Å². The van der Waals surface area contributed by atoms with Crippen molar-refractivity contribution in [1.82, 2.24) is 4.90 Å². The summed E-state index contributed by atoms with van der Waals surface area (Å²) in [6.07, 6.45) is 5.33. The lowest BCUT2D eigenvalue weighted by atomic mass is 9.84. The molecule has 1 aliphatic carbocycles. The largest absolute Gasteiger partial charge is 0.303 e. The van der Waals surface area contributed by atoms with Gasteiger partial charge in [0.05, 0.1) is 0 Å². The van der Waals surface area contributed by atoms with E-state index in [-0.39, 0.29) is 0 Å². The molecule has 0 N–H and O–H groups in total. The van der Waals surface area contributed by atoms with Gasteiger partial charge in [0.1, 0.15) is 0 Å². The first-order chi connectivity index (χ1) is 6.17. The first kappa shape index (κ1) is 11.4. The van der Waals surface area contributed by atoms with Crippen LogP contribution in [0.4, 0.5) is 0 Å². The second-order valence-corrected chi connectivity index (χ2v) is 4.83. The molecular weight excluding hydrogens is 178 g/mol. The van der Waals surface area contributed by atoms with E-state index >= 15 is 0 Å². The summed E-state index contributed by atoms with van der Waals surface area (Å²) in [7, 11) is 2.27. The Labute approximate surface area is 88.3 Å². The molecule has 2 heteroatoms. The van der Waals surface area contributed by atoms with E-state index in [2.05, 4.69) is 38.4 Å². The van der Waals surface area contributed by atoms with Crippen LogP contribution in [0.1, 0.15) is 39.5 Å². The summed E-state index contributed by atoms with van der Waals surface area (Å²) in [4.78, 5) is 2.53. The molecule has 0 spiro atoms. The van der Waals surface area contributed by atoms with Crippen LogP contribution in [0.3, 0.4) is 0 Å². The smallest absolute Gasteiger partial charge is 0.00936 e. The number of hydrogen-bond acceptors (Lipinski definition) is 2. The average Bonchev–Trinajstić information content (AvgIpc) is 2.97. The van der Waals surface area contributed by atoms with E-state index in [0.29, 0.717) is 5.41 Å². The SMILES string of the molecule is CCC(CC)(CS)CN(C)C1CC1. The van der Waals surface area contributed by atoms with Crippen LogP contribution in [0.25, 0.3) is 0 Å². The highest BCUT2D eigenvalue weighted by atomic mass is 32.1. The summed E-state index contributed by atoms with van der Waals surface area (Å²) >= 11 is 4.50. The summed E-state index contributed by atoms with van der Waals surface area (Å²) < 4.78 is 0. The molecule has 0 aromatic carbocycles. The molecule has 0 bridgehead atoms. The lowest BCUT2D eigenvalue weighted by molar-refractivity contribution is 0.178. The second kappa shape index (κ2) is 4.70. The van der Waals surface area contributed by atoms with Gasteiger partial charge in [-0.1, -0.05) is 13.8 Å². The Bertz CT molecular complexity index is 142. The van der Waals surface area contributed by atoms with Crippen molar-refractivity contribution in [2.45, 2.75) is 45.6 Å². The monoisotopic (exact) mass is 201 g/mol. The van der Waals surface area contributed by atoms with Crippen molar-refractivity contribution in [1.29, 1.82) is 0 Å². The van der Waals surface area contributed by atoms with Gasteiger partial charge in [-0.05, 0) is 43.9 Å². The molecule has 1 aliphatic rings. The van der Waals surface area contributed by atoms with Gasteiger partial charge in [-0.15, -0.1) is 0 Å². The van der Waals surface area contributed by atoms with Crippen LogP contribution < -0.4 is 0 Å². The molecule has 1 nitrogen and oxygen atoms in total. The van der Waals surface area contributed by atoms with Crippen molar-refractivity contribution in [3.8, 4) is 0 Å². The first-order valence-electron chi connectivity index (χ1n) is 5.48. The topological polar surface area (TPSA) is 3.24 Å². The zero-order chi connectivity index (χ0) is 9.90. The predicted octanol–water partition coefficient (Wildman–Crippen LogP) is 2.82. The van der Waals surface area contributed by atoms with Crippen molar-refractivity contribution in [3.05, 3.63) is 0 Å². The third kappa shape index (κ3) is 2.88. The Hall–Kier alpha value is 0.310. The summed E-state index contributed by atoms with van der Waals surface area (Å²) in [5.41, 5.74) is 0.459. The molecule has 0 aliphatic heterocycles. The molecular formula is C11H23NS. The van der Waals surface area contributed by atoms with Crippen molar-refractivity contribution in [3.63, 3.8) is 0 Å². The number of hydrogen-bond donors (Lipinski definition) is 1. The molecule has 0 atom stereocenters. The first-order valence-corrected chi connectivity index (χ1v) is 6.12. The van der Waals surface area contributed by atoms with Gasteiger partial charge >= 0.3 is 0 Å². The van der Waals surface area contributed by atoms with E-state index in [1.165, 1.54) is 32.2 Å². The van der Waals surface area contributed by atoms with Gasteiger partial charge in [0.15, 0.2) is 0 Å². The summed E-state index contributed by atoms with van der Waals surface area (Å²) in [6, 6.07) is 0.886. The standard InChI is InChI=1S/C11H23NS/c1-4-11(5-2,9-13)8-12(3)10-6-7-10/h10,13H,4-9H2,1-3H3. The maximum atomic E-state index is 4.50. The van der Waals surface area contributed by atoms with Crippen molar-refractivity contribution in [2.24, 2.45) is 5.41 Å². The van der Waals surface area contributed by atoms with E-state index in [1.54, 1.807) is 0 Å². The van der Waals surface area contributed by atoms with Crippen LogP contribution in [0.2, 0.25) is 0 Å². The van der Waals surface area contributed by atoms with Crippen LogP contribution >= 0.6 is 12.6 Å².